The Kier molecular flexibility index (Phi) is 6.53. The summed E-state index contributed by atoms with van der Waals surface area (Å²) < 4.78 is 44.9. The van der Waals surface area contributed by atoms with E-state index in [9.17, 15) is 22.5 Å². The zero-order valence-corrected chi connectivity index (χ0v) is 12.2. The fourth-order valence-corrected chi connectivity index (χ4v) is 1.67. The van der Waals surface area contributed by atoms with Crippen LogP contribution in [-0.4, -0.2) is 18.1 Å². The van der Waals surface area contributed by atoms with Gasteiger partial charge in [0.25, 0.3) is 0 Å². The molecule has 0 bridgehead atoms. The monoisotopic (exact) mass is 268 g/mol. The van der Waals surface area contributed by atoms with Crippen LogP contribution in [0.3, 0.4) is 0 Å². The number of halogens is 1. The van der Waals surface area contributed by atoms with Gasteiger partial charge in [-0.1, -0.05) is 18.2 Å². The summed E-state index contributed by atoms with van der Waals surface area (Å²) in [5.74, 6) is -0.558. The zero-order valence-electron chi connectivity index (χ0n) is 9.42. The first-order valence-electron chi connectivity index (χ1n) is 4.41. The molecule has 1 atom stereocenters. The Bertz CT molecular complexity index is 513. The van der Waals surface area contributed by atoms with Crippen LogP contribution in [0.1, 0.15) is 23.5 Å². The van der Waals surface area contributed by atoms with Crippen molar-refractivity contribution in [2.75, 3.05) is 0 Å². The van der Waals surface area contributed by atoms with Crippen molar-refractivity contribution in [1.82, 2.24) is 0 Å². The molecule has 0 aliphatic heterocycles. The molecule has 1 unspecified atom stereocenters. The molecule has 17 heavy (non-hydrogen) atoms. The Morgan fingerprint density at radius 2 is 2.06 bits per heavy atom. The Morgan fingerprint density at radius 3 is 2.53 bits per heavy atom. The molecule has 7 heteroatoms. The van der Waals surface area contributed by atoms with E-state index in [-0.39, 0.29) is 40.7 Å². The standard InChI is InChI=1S/C10H11FO4S.Na/c1-2-3-7-6-8(4-5-9(7)11)10(12)16(13,14)15;/h2-6,10,12H,1H3,(H,13,14,15);/q;+1/p-1. The summed E-state index contributed by atoms with van der Waals surface area (Å²) in [6.07, 6.45) is 2.96. The van der Waals surface area contributed by atoms with Crippen LogP contribution < -0.4 is 29.6 Å². The number of aliphatic hydroxyl groups excluding tert-OH is 1. The molecule has 1 aromatic rings. The summed E-state index contributed by atoms with van der Waals surface area (Å²) in [4.78, 5) is 0. The van der Waals surface area contributed by atoms with E-state index in [0.717, 1.165) is 18.2 Å². The average Bonchev–Trinajstić information content (AvgIpc) is 2.19. The molecule has 1 N–H and O–H groups in total. The van der Waals surface area contributed by atoms with Crippen LogP contribution in [0.5, 0.6) is 0 Å². The third-order valence-electron chi connectivity index (χ3n) is 1.92. The van der Waals surface area contributed by atoms with E-state index in [2.05, 4.69) is 0 Å². The number of aliphatic hydroxyl groups is 1. The number of allylic oxidation sites excluding steroid dienone is 1. The average molecular weight is 268 g/mol. The van der Waals surface area contributed by atoms with Crippen LogP contribution in [0.2, 0.25) is 0 Å². The minimum Gasteiger partial charge on any atom is -0.746 e. The molecule has 1 rings (SSSR count). The smallest absolute Gasteiger partial charge is 0.746 e. The van der Waals surface area contributed by atoms with Crippen LogP contribution in [-0.2, 0) is 10.1 Å². The van der Waals surface area contributed by atoms with E-state index >= 15 is 0 Å². The molecule has 0 radical (unpaired) electrons. The molecule has 0 aliphatic carbocycles. The maximum atomic E-state index is 13.2. The van der Waals surface area contributed by atoms with Crippen LogP contribution in [0.15, 0.2) is 24.3 Å². The van der Waals surface area contributed by atoms with E-state index in [0.29, 0.717) is 0 Å². The summed E-state index contributed by atoms with van der Waals surface area (Å²) in [6, 6.07) is 3.18. The number of rotatable bonds is 3. The maximum absolute atomic E-state index is 13.2. The molecule has 0 saturated carbocycles. The van der Waals surface area contributed by atoms with Gasteiger partial charge >= 0.3 is 29.6 Å². The number of benzene rings is 1. The van der Waals surface area contributed by atoms with Gasteiger partial charge in [-0.2, -0.15) is 0 Å². The molecule has 4 nitrogen and oxygen atoms in total. The van der Waals surface area contributed by atoms with Crippen molar-refractivity contribution in [1.29, 1.82) is 0 Å². The molecule has 0 heterocycles. The van der Waals surface area contributed by atoms with Crippen molar-refractivity contribution >= 4 is 16.2 Å². The van der Waals surface area contributed by atoms with E-state index in [1.165, 1.54) is 6.08 Å². The molecule has 0 amide bonds. The van der Waals surface area contributed by atoms with E-state index < -0.39 is 21.4 Å². The van der Waals surface area contributed by atoms with Gasteiger partial charge in [0, 0.05) is 5.56 Å². The van der Waals surface area contributed by atoms with Crippen molar-refractivity contribution in [2.45, 2.75) is 12.4 Å². The normalized spacial score (nSPS) is 13.4. The van der Waals surface area contributed by atoms with Gasteiger partial charge in [-0.15, -0.1) is 0 Å². The van der Waals surface area contributed by atoms with Crippen LogP contribution in [0, 0.1) is 5.82 Å². The van der Waals surface area contributed by atoms with Gasteiger partial charge in [0.15, 0.2) is 5.44 Å². The topological polar surface area (TPSA) is 77.4 Å². The summed E-state index contributed by atoms with van der Waals surface area (Å²) in [6.45, 7) is 1.66. The maximum Gasteiger partial charge on any atom is 1.00 e. The second kappa shape index (κ2) is 6.63. The minimum absolute atomic E-state index is 0. The second-order valence-electron chi connectivity index (χ2n) is 3.13. The van der Waals surface area contributed by atoms with Gasteiger partial charge in [0.2, 0.25) is 0 Å². The molecule has 0 aromatic heterocycles. The van der Waals surface area contributed by atoms with Crippen LogP contribution >= 0.6 is 0 Å². The van der Waals surface area contributed by atoms with Crippen molar-refractivity contribution in [3.63, 3.8) is 0 Å². The molecule has 1 aromatic carbocycles. The summed E-state index contributed by atoms with van der Waals surface area (Å²) >= 11 is 0. The van der Waals surface area contributed by atoms with Gasteiger partial charge in [0.05, 0.1) is 0 Å². The largest absolute Gasteiger partial charge is 1.00 e. The number of hydrogen-bond acceptors (Lipinski definition) is 4. The van der Waals surface area contributed by atoms with Crippen LogP contribution in [0.25, 0.3) is 6.08 Å². The Hall–Kier alpha value is -0.240. The fourth-order valence-electron chi connectivity index (χ4n) is 1.19. The first kappa shape index (κ1) is 16.8. The van der Waals surface area contributed by atoms with Crippen molar-refractivity contribution in [3.8, 4) is 0 Å². The van der Waals surface area contributed by atoms with Gasteiger partial charge in [-0.05, 0) is 24.6 Å². The van der Waals surface area contributed by atoms with Gasteiger partial charge in [0.1, 0.15) is 15.9 Å². The van der Waals surface area contributed by atoms with Crippen molar-refractivity contribution in [2.24, 2.45) is 0 Å². The predicted molar refractivity (Wildman–Crippen MR) is 55.8 cm³/mol. The van der Waals surface area contributed by atoms with Crippen molar-refractivity contribution in [3.05, 3.63) is 41.2 Å². The molecule has 0 aliphatic rings. The van der Waals surface area contributed by atoms with Gasteiger partial charge < -0.3 is 9.66 Å². The molecule has 0 fully saturated rings. The van der Waals surface area contributed by atoms with Gasteiger partial charge in [-0.3, -0.25) is 0 Å². The van der Waals surface area contributed by atoms with Crippen molar-refractivity contribution < 1.29 is 52.0 Å². The van der Waals surface area contributed by atoms with Gasteiger partial charge in [-0.25, -0.2) is 12.8 Å². The molecule has 88 valence electrons. The summed E-state index contributed by atoms with van der Waals surface area (Å²) in [5, 5.41) is 9.19. The molecule has 0 saturated heterocycles. The number of hydrogen-bond donors (Lipinski definition) is 1. The van der Waals surface area contributed by atoms with E-state index in [1.807, 2.05) is 0 Å². The Balaban J connectivity index is 0.00000256. The first-order valence-corrected chi connectivity index (χ1v) is 5.88. The molecule has 0 spiro atoms. The summed E-state index contributed by atoms with van der Waals surface area (Å²) in [7, 11) is -4.84. The van der Waals surface area contributed by atoms with E-state index in [4.69, 9.17) is 0 Å². The molecular formula is C10H10FNaO4S. The third-order valence-corrected chi connectivity index (χ3v) is 2.74. The first-order chi connectivity index (χ1) is 7.36. The second-order valence-corrected chi connectivity index (χ2v) is 4.56. The predicted octanol–water partition coefficient (Wildman–Crippen LogP) is -1.60. The summed E-state index contributed by atoms with van der Waals surface area (Å²) in [5.41, 5.74) is -2.20. The minimum atomic E-state index is -4.84. The zero-order chi connectivity index (χ0) is 12.3. The third kappa shape index (κ3) is 4.50. The fraction of sp³-hybridized carbons (Fsp3) is 0.200. The van der Waals surface area contributed by atoms with E-state index in [1.54, 1.807) is 13.0 Å². The SMILES string of the molecule is CC=Cc1cc(C(O)S(=O)(=O)[O-])ccc1F.[Na+]. The Morgan fingerprint density at radius 1 is 1.47 bits per heavy atom. The van der Waals surface area contributed by atoms with Crippen LogP contribution in [0.4, 0.5) is 4.39 Å². The molecular weight excluding hydrogens is 258 g/mol. The Labute approximate surface area is 121 Å². The quantitative estimate of drug-likeness (QED) is 0.529.